The van der Waals surface area contributed by atoms with Gasteiger partial charge in [-0.2, -0.15) is 9.37 Å². The first-order chi connectivity index (χ1) is 9.45. The van der Waals surface area contributed by atoms with Gasteiger partial charge in [0, 0.05) is 25.2 Å². The number of nitrogens with two attached hydrogens (primary N) is 1. The maximum absolute atomic E-state index is 13.4. The van der Waals surface area contributed by atoms with Gasteiger partial charge in [0.05, 0.1) is 6.54 Å². The molecule has 0 aliphatic carbocycles. The molecule has 2 heterocycles. The molecule has 0 bridgehead atoms. The molecule has 2 rings (SSSR count). The highest BCUT2D eigenvalue weighted by Crippen LogP contribution is 2.19. The zero-order valence-electron chi connectivity index (χ0n) is 10.7. The first-order valence-electron chi connectivity index (χ1n) is 6.24. The van der Waals surface area contributed by atoms with E-state index in [4.69, 9.17) is 5.73 Å². The van der Waals surface area contributed by atoms with Gasteiger partial charge in [0.25, 0.3) is 5.95 Å². The number of aromatic nitrogens is 1. The number of nitrogens with zero attached hydrogens (tertiary/aromatic N) is 2. The number of piperidine rings is 1. The SMILES string of the molecule is NC(=O)CN1CCC(Nc2nc(F)c(F)cc2F)CC1. The predicted molar refractivity (Wildman–Crippen MR) is 66.4 cm³/mol. The summed E-state index contributed by atoms with van der Waals surface area (Å²) in [6, 6.07) is 0.360. The number of primary amides is 1. The molecular weight excluding hydrogens is 273 g/mol. The zero-order chi connectivity index (χ0) is 14.7. The van der Waals surface area contributed by atoms with Crippen LogP contribution < -0.4 is 11.1 Å². The fourth-order valence-corrected chi connectivity index (χ4v) is 2.19. The lowest BCUT2D eigenvalue weighted by Crippen LogP contribution is -2.43. The topological polar surface area (TPSA) is 71.2 Å². The minimum Gasteiger partial charge on any atom is -0.369 e. The highest BCUT2D eigenvalue weighted by atomic mass is 19.2. The third kappa shape index (κ3) is 3.60. The molecule has 1 aliphatic heterocycles. The molecule has 1 amide bonds. The van der Waals surface area contributed by atoms with Gasteiger partial charge in [-0.3, -0.25) is 9.69 Å². The molecule has 0 radical (unpaired) electrons. The number of halogens is 3. The number of hydrogen-bond donors (Lipinski definition) is 2. The molecule has 8 heteroatoms. The Morgan fingerprint density at radius 1 is 1.35 bits per heavy atom. The Morgan fingerprint density at radius 2 is 2.00 bits per heavy atom. The van der Waals surface area contributed by atoms with Crippen LogP contribution in [0.25, 0.3) is 0 Å². The molecule has 5 nitrogen and oxygen atoms in total. The molecule has 1 saturated heterocycles. The van der Waals surface area contributed by atoms with Crippen molar-refractivity contribution in [3.05, 3.63) is 23.6 Å². The first kappa shape index (κ1) is 14.6. The average Bonchev–Trinajstić information content (AvgIpc) is 2.37. The maximum atomic E-state index is 13.4. The molecule has 1 aromatic rings. The lowest BCUT2D eigenvalue weighted by Gasteiger charge is -2.31. The average molecular weight is 288 g/mol. The fraction of sp³-hybridized carbons (Fsp3) is 0.500. The van der Waals surface area contributed by atoms with Crippen LogP contribution in [-0.2, 0) is 4.79 Å². The second-order valence-corrected chi connectivity index (χ2v) is 4.75. The number of likely N-dealkylation sites (tertiary alicyclic amines) is 1. The van der Waals surface area contributed by atoms with E-state index in [1.807, 2.05) is 4.90 Å². The van der Waals surface area contributed by atoms with E-state index in [-0.39, 0.29) is 18.4 Å². The number of carbonyl (C=O) groups excluding carboxylic acids is 1. The van der Waals surface area contributed by atoms with Crippen molar-refractivity contribution in [2.24, 2.45) is 5.73 Å². The van der Waals surface area contributed by atoms with Gasteiger partial charge in [-0.1, -0.05) is 0 Å². The molecule has 0 unspecified atom stereocenters. The smallest absolute Gasteiger partial charge is 0.251 e. The van der Waals surface area contributed by atoms with Gasteiger partial charge < -0.3 is 11.1 Å². The van der Waals surface area contributed by atoms with Crippen LogP contribution in [0.2, 0.25) is 0 Å². The van der Waals surface area contributed by atoms with Crippen molar-refractivity contribution in [1.29, 1.82) is 0 Å². The summed E-state index contributed by atoms with van der Waals surface area (Å²) >= 11 is 0. The summed E-state index contributed by atoms with van der Waals surface area (Å²) in [5.74, 6) is -4.27. The van der Waals surface area contributed by atoms with Crippen LogP contribution >= 0.6 is 0 Å². The number of amides is 1. The van der Waals surface area contributed by atoms with Crippen LogP contribution in [0.5, 0.6) is 0 Å². The van der Waals surface area contributed by atoms with Crippen LogP contribution in [0.3, 0.4) is 0 Å². The monoisotopic (exact) mass is 288 g/mol. The number of carbonyl (C=O) groups is 1. The molecule has 0 atom stereocenters. The Balaban J connectivity index is 1.93. The van der Waals surface area contributed by atoms with E-state index in [2.05, 4.69) is 10.3 Å². The van der Waals surface area contributed by atoms with Crippen molar-refractivity contribution in [2.45, 2.75) is 18.9 Å². The summed E-state index contributed by atoms with van der Waals surface area (Å²) in [5.41, 5.74) is 5.10. The van der Waals surface area contributed by atoms with Crippen molar-refractivity contribution in [3.8, 4) is 0 Å². The highest BCUT2D eigenvalue weighted by Gasteiger charge is 2.22. The summed E-state index contributed by atoms with van der Waals surface area (Å²) in [5, 5.41) is 2.76. The Labute approximate surface area is 114 Å². The fourth-order valence-electron chi connectivity index (χ4n) is 2.19. The van der Waals surface area contributed by atoms with Crippen LogP contribution in [0.15, 0.2) is 6.07 Å². The van der Waals surface area contributed by atoms with Crippen LogP contribution in [0.4, 0.5) is 19.0 Å². The molecule has 1 aliphatic rings. The van der Waals surface area contributed by atoms with E-state index in [0.29, 0.717) is 32.0 Å². The normalized spacial score (nSPS) is 17.1. The number of anilines is 1. The number of pyridine rings is 1. The molecular formula is C12H15F3N4O. The highest BCUT2D eigenvalue weighted by molar-refractivity contribution is 5.75. The molecule has 0 aromatic carbocycles. The lowest BCUT2D eigenvalue weighted by molar-refractivity contribution is -0.119. The van der Waals surface area contributed by atoms with Crippen molar-refractivity contribution in [2.75, 3.05) is 25.0 Å². The van der Waals surface area contributed by atoms with Gasteiger partial charge in [-0.25, -0.2) is 8.78 Å². The largest absolute Gasteiger partial charge is 0.369 e. The van der Waals surface area contributed by atoms with Gasteiger partial charge >= 0.3 is 0 Å². The van der Waals surface area contributed by atoms with Crippen LogP contribution in [0.1, 0.15) is 12.8 Å². The lowest BCUT2D eigenvalue weighted by atomic mass is 10.1. The number of rotatable bonds is 4. The summed E-state index contributed by atoms with van der Waals surface area (Å²) in [6.45, 7) is 1.42. The van der Waals surface area contributed by atoms with Crippen LogP contribution in [-0.4, -0.2) is 41.5 Å². The Hall–Kier alpha value is -1.83. The quantitative estimate of drug-likeness (QED) is 0.806. The first-order valence-corrected chi connectivity index (χ1v) is 6.24. The molecule has 20 heavy (non-hydrogen) atoms. The standard InChI is InChI=1S/C12H15F3N4O/c13-8-5-9(14)12(18-11(8)15)17-7-1-3-19(4-2-7)6-10(16)20/h5,7H,1-4,6H2,(H2,16,20)(H,17,18). The second kappa shape index (κ2) is 6.08. The van der Waals surface area contributed by atoms with Crippen molar-refractivity contribution >= 4 is 11.7 Å². The molecule has 3 N–H and O–H groups in total. The molecule has 1 aromatic heterocycles. The summed E-state index contributed by atoms with van der Waals surface area (Å²) in [7, 11) is 0. The van der Waals surface area contributed by atoms with Crippen molar-refractivity contribution in [1.82, 2.24) is 9.88 Å². The number of nitrogens with one attached hydrogen (secondary N) is 1. The summed E-state index contributed by atoms with van der Waals surface area (Å²) in [4.78, 5) is 15.9. The Bertz CT molecular complexity index is 504. The van der Waals surface area contributed by atoms with Crippen molar-refractivity contribution in [3.63, 3.8) is 0 Å². The molecule has 1 fully saturated rings. The maximum Gasteiger partial charge on any atom is 0.251 e. The van der Waals surface area contributed by atoms with Gasteiger partial charge in [0.15, 0.2) is 17.5 Å². The minimum atomic E-state index is -1.33. The van der Waals surface area contributed by atoms with Gasteiger partial charge in [0.1, 0.15) is 0 Å². The van der Waals surface area contributed by atoms with Gasteiger partial charge in [-0.05, 0) is 12.8 Å². The van der Waals surface area contributed by atoms with Gasteiger partial charge in [-0.15, -0.1) is 0 Å². The van der Waals surface area contributed by atoms with E-state index in [1.165, 1.54) is 0 Å². The Morgan fingerprint density at radius 3 is 2.60 bits per heavy atom. The zero-order valence-corrected chi connectivity index (χ0v) is 10.7. The predicted octanol–water partition coefficient (Wildman–Crippen LogP) is 0.860. The minimum absolute atomic E-state index is 0.106. The van der Waals surface area contributed by atoms with Gasteiger partial charge in [0.2, 0.25) is 5.91 Å². The van der Waals surface area contributed by atoms with Crippen LogP contribution in [0, 0.1) is 17.6 Å². The summed E-state index contributed by atoms with van der Waals surface area (Å²) < 4.78 is 39.2. The third-order valence-electron chi connectivity index (χ3n) is 3.19. The van der Waals surface area contributed by atoms with E-state index in [0.717, 1.165) is 0 Å². The number of hydrogen-bond acceptors (Lipinski definition) is 4. The van der Waals surface area contributed by atoms with Crippen molar-refractivity contribution < 1.29 is 18.0 Å². The molecule has 110 valence electrons. The molecule has 0 saturated carbocycles. The summed E-state index contributed by atoms with van der Waals surface area (Å²) in [6.07, 6.45) is 1.26. The van der Waals surface area contributed by atoms with E-state index in [1.54, 1.807) is 0 Å². The van der Waals surface area contributed by atoms with E-state index >= 15 is 0 Å². The van der Waals surface area contributed by atoms with E-state index < -0.39 is 23.5 Å². The Kier molecular flexibility index (Phi) is 4.43. The third-order valence-corrected chi connectivity index (χ3v) is 3.19. The second-order valence-electron chi connectivity index (χ2n) is 4.75. The van der Waals surface area contributed by atoms with E-state index in [9.17, 15) is 18.0 Å². The molecule has 0 spiro atoms.